The standard InChI is InChI=1S/C10H14O.C10H12/c1-4-11-10-7-8(2)5-6-9(10)3;1-8-5-6-9-3-2-4-10(9)7-8/h5-7H,4H2,1-3H3;5-7H,2-4H2,1H3. The van der Waals surface area contributed by atoms with Crippen molar-refractivity contribution in [1.29, 1.82) is 0 Å². The van der Waals surface area contributed by atoms with Gasteiger partial charge in [0.1, 0.15) is 5.75 Å². The molecule has 0 bridgehead atoms. The summed E-state index contributed by atoms with van der Waals surface area (Å²) in [4.78, 5) is 0. The summed E-state index contributed by atoms with van der Waals surface area (Å²) >= 11 is 0. The van der Waals surface area contributed by atoms with Crippen LogP contribution in [-0.4, -0.2) is 6.61 Å². The molecule has 21 heavy (non-hydrogen) atoms. The van der Waals surface area contributed by atoms with Gasteiger partial charge in [0.15, 0.2) is 0 Å². The number of benzene rings is 2. The van der Waals surface area contributed by atoms with Gasteiger partial charge in [-0.05, 0) is 75.3 Å². The summed E-state index contributed by atoms with van der Waals surface area (Å²) in [6.45, 7) is 9.04. The van der Waals surface area contributed by atoms with Crippen LogP contribution >= 0.6 is 0 Å². The van der Waals surface area contributed by atoms with Crippen molar-refractivity contribution in [2.24, 2.45) is 0 Å². The van der Waals surface area contributed by atoms with Crippen LogP contribution in [0.1, 0.15) is 41.2 Å². The Morgan fingerprint density at radius 1 is 0.857 bits per heavy atom. The Morgan fingerprint density at radius 3 is 2.29 bits per heavy atom. The van der Waals surface area contributed by atoms with Gasteiger partial charge < -0.3 is 4.74 Å². The average Bonchev–Trinajstić information content (AvgIpc) is 2.91. The molecule has 2 aromatic rings. The van der Waals surface area contributed by atoms with E-state index in [1.54, 1.807) is 11.1 Å². The molecule has 1 aliphatic rings. The lowest BCUT2D eigenvalue weighted by molar-refractivity contribution is 0.337. The molecule has 1 nitrogen and oxygen atoms in total. The van der Waals surface area contributed by atoms with Gasteiger partial charge in [-0.3, -0.25) is 0 Å². The van der Waals surface area contributed by atoms with Crippen molar-refractivity contribution in [2.45, 2.75) is 47.0 Å². The number of hydrogen-bond acceptors (Lipinski definition) is 1. The van der Waals surface area contributed by atoms with Crippen molar-refractivity contribution in [2.75, 3.05) is 6.61 Å². The zero-order valence-electron chi connectivity index (χ0n) is 13.7. The first-order valence-corrected chi connectivity index (χ1v) is 7.88. The van der Waals surface area contributed by atoms with Gasteiger partial charge in [-0.2, -0.15) is 0 Å². The molecule has 0 atom stereocenters. The average molecular weight is 282 g/mol. The summed E-state index contributed by atoms with van der Waals surface area (Å²) in [5.74, 6) is 1.01. The topological polar surface area (TPSA) is 9.23 Å². The molecule has 2 aromatic carbocycles. The second kappa shape index (κ2) is 7.31. The Bertz CT molecular complexity index is 599. The third-order valence-corrected chi connectivity index (χ3v) is 3.90. The molecule has 0 N–H and O–H groups in total. The lowest BCUT2D eigenvalue weighted by Gasteiger charge is -2.06. The summed E-state index contributed by atoms with van der Waals surface area (Å²) in [5, 5.41) is 0. The van der Waals surface area contributed by atoms with Crippen LogP contribution in [0.3, 0.4) is 0 Å². The maximum atomic E-state index is 5.42. The zero-order chi connectivity index (χ0) is 15.2. The molecule has 1 aliphatic carbocycles. The second-order valence-electron chi connectivity index (χ2n) is 5.83. The van der Waals surface area contributed by atoms with Crippen molar-refractivity contribution in [3.8, 4) is 5.75 Å². The number of hydrogen-bond donors (Lipinski definition) is 0. The van der Waals surface area contributed by atoms with E-state index in [2.05, 4.69) is 57.2 Å². The molecule has 1 heteroatoms. The van der Waals surface area contributed by atoms with E-state index in [-0.39, 0.29) is 0 Å². The van der Waals surface area contributed by atoms with Gasteiger partial charge in [0, 0.05) is 0 Å². The first-order chi connectivity index (χ1) is 10.1. The second-order valence-corrected chi connectivity index (χ2v) is 5.83. The fourth-order valence-corrected chi connectivity index (χ4v) is 2.72. The van der Waals surface area contributed by atoms with Crippen LogP contribution in [0.25, 0.3) is 0 Å². The third kappa shape index (κ3) is 4.35. The summed E-state index contributed by atoms with van der Waals surface area (Å²) in [5.41, 5.74) is 7.02. The number of aryl methyl sites for hydroxylation is 5. The van der Waals surface area contributed by atoms with Crippen LogP contribution in [0.2, 0.25) is 0 Å². The quantitative estimate of drug-likeness (QED) is 0.737. The van der Waals surface area contributed by atoms with E-state index in [1.807, 2.05) is 6.92 Å². The lowest BCUT2D eigenvalue weighted by Crippen LogP contribution is -1.93. The SMILES string of the molecule is CCOc1cc(C)ccc1C.Cc1ccc2c(c1)CCC2. The van der Waals surface area contributed by atoms with Crippen molar-refractivity contribution in [1.82, 2.24) is 0 Å². The van der Waals surface area contributed by atoms with Crippen LogP contribution in [0, 0.1) is 20.8 Å². The molecule has 3 rings (SSSR count). The van der Waals surface area contributed by atoms with Crippen LogP contribution < -0.4 is 4.74 Å². The van der Waals surface area contributed by atoms with Gasteiger partial charge >= 0.3 is 0 Å². The van der Waals surface area contributed by atoms with Crippen LogP contribution in [-0.2, 0) is 12.8 Å². The third-order valence-electron chi connectivity index (χ3n) is 3.90. The van der Waals surface area contributed by atoms with Crippen molar-refractivity contribution >= 4 is 0 Å². The van der Waals surface area contributed by atoms with Gasteiger partial charge in [0.2, 0.25) is 0 Å². The van der Waals surface area contributed by atoms with Crippen LogP contribution in [0.5, 0.6) is 5.75 Å². The predicted molar refractivity (Wildman–Crippen MR) is 90.3 cm³/mol. The molecule has 0 heterocycles. The first-order valence-electron chi connectivity index (χ1n) is 7.88. The lowest BCUT2D eigenvalue weighted by atomic mass is 10.1. The number of ether oxygens (including phenoxy) is 1. The molecule has 0 amide bonds. The van der Waals surface area contributed by atoms with E-state index in [4.69, 9.17) is 4.74 Å². The van der Waals surface area contributed by atoms with E-state index in [1.165, 1.54) is 36.0 Å². The molecule has 0 aromatic heterocycles. The molecular formula is C20H26O. The fraction of sp³-hybridized carbons (Fsp3) is 0.400. The highest BCUT2D eigenvalue weighted by molar-refractivity contribution is 5.36. The highest BCUT2D eigenvalue weighted by atomic mass is 16.5. The molecule has 0 saturated heterocycles. The summed E-state index contributed by atoms with van der Waals surface area (Å²) in [6.07, 6.45) is 3.96. The van der Waals surface area contributed by atoms with Gasteiger partial charge in [0.25, 0.3) is 0 Å². The van der Waals surface area contributed by atoms with E-state index < -0.39 is 0 Å². The fourth-order valence-electron chi connectivity index (χ4n) is 2.72. The van der Waals surface area contributed by atoms with Crippen molar-refractivity contribution in [3.63, 3.8) is 0 Å². The van der Waals surface area contributed by atoms with E-state index in [9.17, 15) is 0 Å². The molecule has 0 aliphatic heterocycles. The van der Waals surface area contributed by atoms with Gasteiger partial charge in [-0.15, -0.1) is 0 Å². The summed E-state index contributed by atoms with van der Waals surface area (Å²) in [6, 6.07) is 13.1. The maximum Gasteiger partial charge on any atom is 0.122 e. The molecule has 0 saturated carbocycles. The van der Waals surface area contributed by atoms with E-state index >= 15 is 0 Å². The van der Waals surface area contributed by atoms with Crippen molar-refractivity contribution < 1.29 is 4.74 Å². The minimum Gasteiger partial charge on any atom is -0.494 e. The molecule has 0 unspecified atom stereocenters. The Kier molecular flexibility index (Phi) is 5.44. The van der Waals surface area contributed by atoms with Gasteiger partial charge in [-0.25, -0.2) is 0 Å². The van der Waals surface area contributed by atoms with Crippen LogP contribution in [0.15, 0.2) is 36.4 Å². The molecule has 0 fully saturated rings. The molecule has 112 valence electrons. The van der Waals surface area contributed by atoms with Crippen LogP contribution in [0.4, 0.5) is 0 Å². The Balaban J connectivity index is 0.000000154. The highest BCUT2D eigenvalue weighted by Gasteiger charge is 2.08. The highest BCUT2D eigenvalue weighted by Crippen LogP contribution is 2.22. The minimum atomic E-state index is 0.740. The maximum absolute atomic E-state index is 5.42. The van der Waals surface area contributed by atoms with Gasteiger partial charge in [-0.1, -0.05) is 35.9 Å². The summed E-state index contributed by atoms with van der Waals surface area (Å²) in [7, 11) is 0. The molecule has 0 radical (unpaired) electrons. The zero-order valence-corrected chi connectivity index (χ0v) is 13.7. The van der Waals surface area contributed by atoms with Gasteiger partial charge in [0.05, 0.1) is 6.61 Å². The Hall–Kier alpha value is -1.76. The molecular weight excluding hydrogens is 256 g/mol. The Labute approximate surface area is 129 Å². The largest absolute Gasteiger partial charge is 0.494 e. The predicted octanol–water partition coefficient (Wildman–Crippen LogP) is 5.19. The monoisotopic (exact) mass is 282 g/mol. The summed E-state index contributed by atoms with van der Waals surface area (Å²) < 4.78 is 5.42. The van der Waals surface area contributed by atoms with E-state index in [0.29, 0.717) is 0 Å². The van der Waals surface area contributed by atoms with Crippen molar-refractivity contribution in [3.05, 3.63) is 64.2 Å². The Morgan fingerprint density at radius 2 is 1.52 bits per heavy atom. The number of fused-ring (bicyclic) bond motifs is 1. The first kappa shape index (κ1) is 15.6. The normalized spacial score (nSPS) is 12.4. The minimum absolute atomic E-state index is 0.740. The van der Waals surface area contributed by atoms with E-state index in [0.717, 1.165) is 12.4 Å². The number of rotatable bonds is 2. The smallest absolute Gasteiger partial charge is 0.122 e. The molecule has 0 spiro atoms.